The van der Waals surface area contributed by atoms with E-state index in [4.69, 9.17) is 0 Å². The summed E-state index contributed by atoms with van der Waals surface area (Å²) in [6.07, 6.45) is 3.33. The number of carbonyl (C=O) groups is 1. The largest absolute Gasteiger partial charge is 0.337 e. The molecular formula is C15H18BrFN2O. The Morgan fingerprint density at radius 2 is 2.05 bits per heavy atom. The molecule has 2 aliphatic heterocycles. The van der Waals surface area contributed by atoms with Gasteiger partial charge in [-0.3, -0.25) is 9.69 Å². The predicted octanol–water partition coefficient (Wildman–Crippen LogP) is 2.90. The molecule has 3 nitrogen and oxygen atoms in total. The van der Waals surface area contributed by atoms with Crippen molar-refractivity contribution in [2.75, 3.05) is 20.1 Å². The first kappa shape index (κ1) is 14.0. The number of amides is 1. The molecule has 0 aliphatic carbocycles. The standard InChI is InChI=1S/C15H18BrFN2O/c1-18-11-3-4-12(18)9-19(7-6-11)15(20)13-5-2-10(16)8-14(13)17/h2,5,8,11-12H,3-4,6-7,9H2,1H3. The lowest BCUT2D eigenvalue weighted by atomic mass is 10.1. The number of rotatable bonds is 1. The molecule has 0 aromatic heterocycles. The van der Waals surface area contributed by atoms with Gasteiger partial charge in [0.1, 0.15) is 5.82 Å². The van der Waals surface area contributed by atoms with Crippen LogP contribution in [0.2, 0.25) is 0 Å². The molecule has 5 heteroatoms. The van der Waals surface area contributed by atoms with Gasteiger partial charge in [-0.25, -0.2) is 4.39 Å². The monoisotopic (exact) mass is 340 g/mol. The fraction of sp³-hybridized carbons (Fsp3) is 0.533. The van der Waals surface area contributed by atoms with Crippen LogP contribution in [-0.2, 0) is 0 Å². The number of nitrogens with zero attached hydrogens (tertiary/aromatic N) is 2. The van der Waals surface area contributed by atoms with Crippen molar-refractivity contribution in [3.05, 3.63) is 34.1 Å². The number of fused-ring (bicyclic) bond motifs is 2. The van der Waals surface area contributed by atoms with Gasteiger partial charge >= 0.3 is 0 Å². The van der Waals surface area contributed by atoms with Crippen molar-refractivity contribution < 1.29 is 9.18 Å². The molecule has 20 heavy (non-hydrogen) atoms. The molecule has 2 heterocycles. The minimum atomic E-state index is -0.452. The molecular weight excluding hydrogens is 323 g/mol. The van der Waals surface area contributed by atoms with Crippen LogP contribution in [0, 0.1) is 5.82 Å². The third kappa shape index (κ3) is 2.49. The van der Waals surface area contributed by atoms with E-state index in [0.717, 1.165) is 19.4 Å². The summed E-state index contributed by atoms with van der Waals surface area (Å²) >= 11 is 3.22. The number of hydrogen-bond donors (Lipinski definition) is 0. The second-order valence-corrected chi connectivity index (χ2v) is 6.63. The number of halogens is 2. The molecule has 0 saturated carbocycles. The summed E-state index contributed by atoms with van der Waals surface area (Å²) in [5, 5.41) is 0. The molecule has 108 valence electrons. The van der Waals surface area contributed by atoms with E-state index in [-0.39, 0.29) is 11.5 Å². The van der Waals surface area contributed by atoms with Gasteiger partial charge in [0.05, 0.1) is 5.56 Å². The second-order valence-electron chi connectivity index (χ2n) is 5.71. The van der Waals surface area contributed by atoms with Crippen LogP contribution in [0.1, 0.15) is 29.6 Å². The second kappa shape index (κ2) is 5.45. The molecule has 2 bridgehead atoms. The summed E-state index contributed by atoms with van der Waals surface area (Å²) in [7, 11) is 2.14. The summed E-state index contributed by atoms with van der Waals surface area (Å²) in [5.41, 5.74) is 0.175. The van der Waals surface area contributed by atoms with Crippen molar-refractivity contribution in [2.45, 2.75) is 31.3 Å². The fourth-order valence-electron chi connectivity index (χ4n) is 3.33. The number of likely N-dealkylation sites (N-methyl/N-ethyl adjacent to an activating group) is 1. The maximum absolute atomic E-state index is 13.9. The van der Waals surface area contributed by atoms with Gasteiger partial charge in [-0.1, -0.05) is 15.9 Å². The molecule has 1 aromatic rings. The molecule has 2 atom stereocenters. The normalized spacial score (nSPS) is 26.6. The first-order chi connectivity index (χ1) is 9.56. The Balaban J connectivity index is 1.80. The highest BCUT2D eigenvalue weighted by Gasteiger charge is 2.36. The number of hydrogen-bond acceptors (Lipinski definition) is 2. The third-order valence-corrected chi connectivity index (χ3v) is 5.09. The maximum atomic E-state index is 13.9. The van der Waals surface area contributed by atoms with Gasteiger partial charge < -0.3 is 4.90 Å². The predicted molar refractivity (Wildman–Crippen MR) is 79.2 cm³/mol. The van der Waals surface area contributed by atoms with Crippen LogP contribution in [0.3, 0.4) is 0 Å². The van der Waals surface area contributed by atoms with Crippen LogP contribution >= 0.6 is 15.9 Å². The topological polar surface area (TPSA) is 23.6 Å². The highest BCUT2D eigenvalue weighted by molar-refractivity contribution is 9.10. The third-order valence-electron chi connectivity index (χ3n) is 4.60. The first-order valence-corrected chi connectivity index (χ1v) is 7.82. The highest BCUT2D eigenvalue weighted by atomic mass is 79.9. The number of likely N-dealkylation sites (tertiary alicyclic amines) is 1. The van der Waals surface area contributed by atoms with E-state index in [1.165, 1.54) is 12.5 Å². The van der Waals surface area contributed by atoms with Crippen LogP contribution in [0.5, 0.6) is 0 Å². The fourth-order valence-corrected chi connectivity index (χ4v) is 3.66. The van der Waals surface area contributed by atoms with Gasteiger partial charge in [0.25, 0.3) is 5.91 Å². The first-order valence-electron chi connectivity index (χ1n) is 7.02. The summed E-state index contributed by atoms with van der Waals surface area (Å²) in [6, 6.07) is 5.63. The Kier molecular flexibility index (Phi) is 3.82. The van der Waals surface area contributed by atoms with Crippen LogP contribution in [0.4, 0.5) is 4.39 Å². The zero-order chi connectivity index (χ0) is 14.3. The van der Waals surface area contributed by atoms with E-state index >= 15 is 0 Å². The SMILES string of the molecule is CN1C2CCC1CN(C(=O)c1ccc(Br)cc1F)CC2. The van der Waals surface area contributed by atoms with Crippen molar-refractivity contribution in [3.8, 4) is 0 Å². The van der Waals surface area contributed by atoms with Gasteiger partial charge in [0.2, 0.25) is 0 Å². The van der Waals surface area contributed by atoms with Crippen LogP contribution < -0.4 is 0 Å². The zero-order valence-corrected chi connectivity index (χ0v) is 13.1. The summed E-state index contributed by atoms with van der Waals surface area (Å²) in [6.45, 7) is 1.43. The molecule has 1 aromatic carbocycles. The van der Waals surface area contributed by atoms with Crippen molar-refractivity contribution in [1.82, 2.24) is 9.80 Å². The number of benzene rings is 1. The van der Waals surface area contributed by atoms with E-state index in [1.54, 1.807) is 12.1 Å². The summed E-state index contributed by atoms with van der Waals surface area (Å²) in [4.78, 5) is 16.7. The highest BCUT2D eigenvalue weighted by Crippen LogP contribution is 2.29. The van der Waals surface area contributed by atoms with Crippen molar-refractivity contribution in [2.24, 2.45) is 0 Å². The molecule has 2 aliphatic rings. The lowest BCUT2D eigenvalue weighted by Gasteiger charge is -2.26. The Hall–Kier alpha value is -0.940. The van der Waals surface area contributed by atoms with Crippen LogP contribution in [0.15, 0.2) is 22.7 Å². The van der Waals surface area contributed by atoms with Crippen molar-refractivity contribution in [3.63, 3.8) is 0 Å². The average Bonchev–Trinajstić information content (AvgIpc) is 2.62. The van der Waals surface area contributed by atoms with Crippen LogP contribution in [0.25, 0.3) is 0 Å². The quantitative estimate of drug-likeness (QED) is 0.784. The average molecular weight is 341 g/mol. The molecule has 3 rings (SSSR count). The molecule has 2 saturated heterocycles. The molecule has 2 unspecified atom stereocenters. The van der Waals surface area contributed by atoms with Crippen LogP contribution in [-0.4, -0.2) is 47.9 Å². The van der Waals surface area contributed by atoms with Crippen molar-refractivity contribution in [1.29, 1.82) is 0 Å². The molecule has 1 amide bonds. The van der Waals surface area contributed by atoms with Gasteiger partial charge in [-0.05, 0) is 44.5 Å². The summed E-state index contributed by atoms with van der Waals surface area (Å²) < 4.78 is 14.6. The van der Waals surface area contributed by atoms with Gasteiger partial charge in [-0.15, -0.1) is 0 Å². The minimum Gasteiger partial charge on any atom is -0.337 e. The van der Waals surface area contributed by atoms with Gasteiger partial charge in [0.15, 0.2) is 0 Å². The van der Waals surface area contributed by atoms with E-state index < -0.39 is 5.82 Å². The zero-order valence-electron chi connectivity index (χ0n) is 11.5. The number of carbonyl (C=O) groups excluding carboxylic acids is 1. The Morgan fingerprint density at radius 1 is 1.30 bits per heavy atom. The Bertz CT molecular complexity index is 537. The molecule has 0 radical (unpaired) electrons. The minimum absolute atomic E-state index is 0.175. The molecule has 2 fully saturated rings. The Morgan fingerprint density at radius 3 is 2.80 bits per heavy atom. The van der Waals surface area contributed by atoms with Gasteiger partial charge in [0, 0.05) is 29.6 Å². The van der Waals surface area contributed by atoms with E-state index in [1.807, 2.05) is 4.90 Å². The van der Waals surface area contributed by atoms with E-state index in [9.17, 15) is 9.18 Å². The lowest BCUT2D eigenvalue weighted by molar-refractivity contribution is 0.0735. The molecule has 0 spiro atoms. The summed E-state index contributed by atoms with van der Waals surface area (Å²) in [5.74, 6) is -0.636. The Labute approximate surface area is 126 Å². The smallest absolute Gasteiger partial charge is 0.256 e. The van der Waals surface area contributed by atoms with E-state index in [0.29, 0.717) is 23.1 Å². The van der Waals surface area contributed by atoms with E-state index in [2.05, 4.69) is 27.9 Å². The van der Waals surface area contributed by atoms with Crippen molar-refractivity contribution >= 4 is 21.8 Å². The lowest BCUT2D eigenvalue weighted by Crippen LogP contribution is -2.40. The maximum Gasteiger partial charge on any atom is 0.256 e. The van der Waals surface area contributed by atoms with Gasteiger partial charge in [-0.2, -0.15) is 0 Å². The molecule has 0 N–H and O–H groups in total.